The molecule has 23 heavy (non-hydrogen) atoms. The molecule has 0 aromatic heterocycles. The normalized spacial score (nSPS) is 13.9. The van der Waals surface area contributed by atoms with Crippen molar-refractivity contribution in [3.63, 3.8) is 0 Å². The summed E-state index contributed by atoms with van der Waals surface area (Å²) in [5.74, 6) is -0.203. The number of hydroxylamine groups is 1. The van der Waals surface area contributed by atoms with E-state index in [1.807, 2.05) is 13.8 Å². The Hall–Kier alpha value is -0.980. The maximum absolute atomic E-state index is 12.2. The first-order chi connectivity index (χ1) is 10.8. The molecule has 0 fully saturated rings. The van der Waals surface area contributed by atoms with Gasteiger partial charge in [-0.05, 0) is 46.8 Å². The van der Waals surface area contributed by atoms with E-state index in [-0.39, 0.29) is 23.5 Å². The summed E-state index contributed by atoms with van der Waals surface area (Å²) in [4.78, 5) is 12.2. The Morgan fingerprint density at radius 3 is 2.48 bits per heavy atom. The smallest absolute Gasteiger partial charge is 0.397 e. The highest BCUT2D eigenvalue weighted by molar-refractivity contribution is 8.07. The van der Waals surface area contributed by atoms with Crippen molar-refractivity contribution in [3.05, 3.63) is 29.8 Å². The van der Waals surface area contributed by atoms with Crippen molar-refractivity contribution < 1.29 is 23.2 Å². The van der Waals surface area contributed by atoms with Crippen LogP contribution in [0.3, 0.4) is 0 Å². The summed E-state index contributed by atoms with van der Waals surface area (Å²) in [5.41, 5.74) is 3.03. The Morgan fingerprint density at radius 2 is 1.91 bits per heavy atom. The van der Waals surface area contributed by atoms with Crippen molar-refractivity contribution in [1.82, 2.24) is 5.48 Å². The van der Waals surface area contributed by atoms with Crippen molar-refractivity contribution in [2.24, 2.45) is 0 Å². The molecule has 0 aliphatic carbocycles. The molecular weight excluding hydrogens is 337 g/mol. The molecule has 1 rings (SSSR count). The van der Waals surface area contributed by atoms with Crippen molar-refractivity contribution >= 4 is 24.5 Å². The van der Waals surface area contributed by atoms with Crippen molar-refractivity contribution in [2.75, 3.05) is 6.61 Å². The number of carbonyl (C=O) groups is 1. The van der Waals surface area contributed by atoms with Gasteiger partial charge in [0.25, 0.3) is 0 Å². The van der Waals surface area contributed by atoms with E-state index in [2.05, 4.69) is 5.48 Å². The van der Waals surface area contributed by atoms with Gasteiger partial charge in [0, 0.05) is 17.8 Å². The summed E-state index contributed by atoms with van der Waals surface area (Å²) in [6, 6.07) is 6.75. The molecule has 8 heteroatoms. The minimum atomic E-state index is -3.08. The molecule has 0 heterocycles. The largest absolute Gasteiger partial charge is 0.459 e. The minimum absolute atomic E-state index is 0.0440. The van der Waals surface area contributed by atoms with Gasteiger partial charge < -0.3 is 9.26 Å². The van der Waals surface area contributed by atoms with Gasteiger partial charge in [-0.3, -0.25) is 4.52 Å². The maximum Gasteiger partial charge on any atom is 0.397 e. The molecule has 0 saturated heterocycles. The van der Waals surface area contributed by atoms with Gasteiger partial charge in [0.2, 0.25) is 0 Å². The van der Waals surface area contributed by atoms with Gasteiger partial charge >= 0.3 is 12.7 Å². The number of nitrogens with one attached hydrogen (secondary N) is 1. The lowest BCUT2D eigenvalue weighted by molar-refractivity contribution is 0.0375. The molecule has 1 N–H and O–H groups in total. The zero-order valence-electron chi connectivity index (χ0n) is 14.1. The summed E-state index contributed by atoms with van der Waals surface area (Å²) in [5, 5.41) is 0. The van der Waals surface area contributed by atoms with Gasteiger partial charge in [0.15, 0.2) is 0 Å². The third-order valence-electron chi connectivity index (χ3n) is 2.35. The summed E-state index contributed by atoms with van der Waals surface area (Å²) in [6.07, 6.45) is -0.232. The van der Waals surface area contributed by atoms with Crippen LogP contribution >= 0.6 is 6.72 Å². The number of benzene rings is 1. The van der Waals surface area contributed by atoms with Crippen molar-refractivity contribution in [1.29, 1.82) is 0 Å². The number of carbonyl (C=O) groups excluding carboxylic acids is 1. The Balaban J connectivity index is 3.00. The quantitative estimate of drug-likeness (QED) is 0.407. The number of hydrogen-bond donors (Lipinski definition) is 1. The second-order valence-electron chi connectivity index (χ2n) is 5.27. The van der Waals surface area contributed by atoms with Gasteiger partial charge in [-0.2, -0.15) is 5.48 Å². The second kappa shape index (κ2) is 9.35. The molecule has 6 nitrogen and oxygen atoms in total. The van der Waals surface area contributed by atoms with Gasteiger partial charge in [-0.25, -0.2) is 9.42 Å². The lowest BCUT2D eigenvalue weighted by Crippen LogP contribution is -2.23. The molecule has 0 aliphatic rings. The first-order valence-corrected chi connectivity index (χ1v) is 10.0. The summed E-state index contributed by atoms with van der Waals surface area (Å²) in [6.45, 7) is 6.40. The zero-order chi connectivity index (χ0) is 17.5. The lowest BCUT2D eigenvalue weighted by atomic mass is 10.2. The van der Waals surface area contributed by atoms with Gasteiger partial charge in [-0.15, -0.1) is 0 Å². The average molecular weight is 361 g/mol. The Labute approximate surface area is 142 Å². The topological polar surface area (TPSA) is 66.0 Å². The van der Waals surface area contributed by atoms with E-state index in [0.29, 0.717) is 6.61 Å². The SMILES string of the molecule is CCOP(=S)(ONC(C)C)Oc1ccccc1C(=O)OC(C)C. The standard InChI is InChI=1S/C15H24NO5PS/c1-6-18-22(23,21-16-11(2)3)20-14-10-8-7-9-13(14)15(17)19-12(4)5/h7-12,16H,6H2,1-5H3. The number of esters is 1. The van der Waals surface area contributed by atoms with Gasteiger partial charge in [0.05, 0.1) is 12.7 Å². The van der Waals surface area contributed by atoms with Crippen LogP contribution in [0.15, 0.2) is 24.3 Å². The summed E-state index contributed by atoms with van der Waals surface area (Å²) >= 11 is 5.37. The monoisotopic (exact) mass is 361 g/mol. The minimum Gasteiger partial charge on any atom is -0.459 e. The average Bonchev–Trinajstić information content (AvgIpc) is 2.45. The lowest BCUT2D eigenvalue weighted by Gasteiger charge is -2.23. The van der Waals surface area contributed by atoms with E-state index in [0.717, 1.165) is 0 Å². The van der Waals surface area contributed by atoms with Crippen LogP contribution in [0.1, 0.15) is 45.0 Å². The van der Waals surface area contributed by atoms with Crippen LogP contribution in [-0.4, -0.2) is 24.7 Å². The van der Waals surface area contributed by atoms with Crippen LogP contribution in [-0.2, 0) is 25.7 Å². The zero-order valence-corrected chi connectivity index (χ0v) is 15.8. The van der Waals surface area contributed by atoms with Crippen molar-refractivity contribution in [3.8, 4) is 5.75 Å². The molecule has 0 spiro atoms. The van der Waals surface area contributed by atoms with Crippen LogP contribution in [0.25, 0.3) is 0 Å². The van der Waals surface area contributed by atoms with Gasteiger partial charge in [0.1, 0.15) is 11.3 Å². The predicted molar refractivity (Wildman–Crippen MR) is 92.9 cm³/mol. The molecule has 0 aliphatic heterocycles. The van der Waals surface area contributed by atoms with E-state index < -0.39 is 12.7 Å². The van der Waals surface area contributed by atoms with E-state index >= 15 is 0 Å². The van der Waals surface area contributed by atoms with Crippen LogP contribution in [0.5, 0.6) is 5.75 Å². The first-order valence-electron chi connectivity index (χ1n) is 7.45. The maximum atomic E-state index is 12.2. The predicted octanol–water partition coefficient (Wildman–Crippen LogP) is 3.82. The molecule has 1 aromatic rings. The highest BCUT2D eigenvalue weighted by Gasteiger charge is 2.26. The number of para-hydroxylation sites is 1. The number of rotatable bonds is 9. The Morgan fingerprint density at radius 1 is 1.26 bits per heavy atom. The third-order valence-corrected chi connectivity index (χ3v) is 4.43. The molecular formula is C15H24NO5PS. The second-order valence-corrected chi connectivity index (χ2v) is 8.13. The molecule has 1 aromatic carbocycles. The molecule has 0 radical (unpaired) electrons. The van der Waals surface area contributed by atoms with Crippen molar-refractivity contribution in [2.45, 2.75) is 46.8 Å². The first kappa shape index (κ1) is 20.1. The molecule has 1 unspecified atom stereocenters. The third kappa shape index (κ3) is 6.97. The molecule has 1 atom stereocenters. The summed E-state index contributed by atoms with van der Waals surface area (Å²) < 4.78 is 21.9. The van der Waals surface area contributed by atoms with E-state index in [9.17, 15) is 4.79 Å². The van der Waals surface area contributed by atoms with Crippen LogP contribution in [0.2, 0.25) is 0 Å². The molecule has 130 valence electrons. The van der Waals surface area contributed by atoms with Gasteiger partial charge in [-0.1, -0.05) is 12.1 Å². The van der Waals surface area contributed by atoms with Crippen LogP contribution < -0.4 is 10.0 Å². The van der Waals surface area contributed by atoms with E-state index in [1.54, 1.807) is 45.0 Å². The van der Waals surface area contributed by atoms with E-state index in [1.165, 1.54) is 0 Å². The molecule has 0 saturated carbocycles. The highest BCUT2D eigenvalue weighted by atomic mass is 32.5. The molecule has 0 amide bonds. The fourth-order valence-corrected chi connectivity index (χ4v) is 3.40. The Kier molecular flexibility index (Phi) is 8.16. The summed E-state index contributed by atoms with van der Waals surface area (Å²) in [7, 11) is 0. The fourth-order valence-electron chi connectivity index (χ4n) is 1.51. The van der Waals surface area contributed by atoms with E-state index in [4.69, 9.17) is 30.2 Å². The Bertz CT molecular complexity index is 565. The highest BCUT2D eigenvalue weighted by Crippen LogP contribution is 2.49. The molecule has 0 bridgehead atoms. The van der Waals surface area contributed by atoms with Crippen LogP contribution in [0, 0.1) is 0 Å². The number of ether oxygens (including phenoxy) is 1. The number of hydrogen-bond acceptors (Lipinski definition) is 7. The fraction of sp³-hybridized carbons (Fsp3) is 0.533. The van der Waals surface area contributed by atoms with Crippen LogP contribution in [0.4, 0.5) is 0 Å².